The zero-order valence-electron chi connectivity index (χ0n) is 7.24. The van der Waals surface area contributed by atoms with Crippen molar-refractivity contribution in [1.29, 1.82) is 0 Å². The minimum absolute atomic E-state index is 0.406. The second-order valence-electron chi connectivity index (χ2n) is 2.80. The number of thiol groups is 1. The molecule has 12 heavy (non-hydrogen) atoms. The lowest BCUT2D eigenvalue weighted by Crippen LogP contribution is -2.23. The van der Waals surface area contributed by atoms with Gasteiger partial charge in [-0.2, -0.15) is 12.6 Å². The van der Waals surface area contributed by atoms with E-state index >= 15 is 0 Å². The highest BCUT2D eigenvalue weighted by atomic mass is 32.1. The molecule has 0 N–H and O–H groups in total. The van der Waals surface area contributed by atoms with Crippen molar-refractivity contribution in [3.8, 4) is 0 Å². The van der Waals surface area contributed by atoms with Crippen molar-refractivity contribution in [2.45, 2.75) is 18.9 Å². The Kier molecular flexibility index (Phi) is 5.48. The predicted octanol–water partition coefficient (Wildman–Crippen LogP) is 1.67. The molecule has 1 rings (SSSR count). The zero-order valence-corrected chi connectivity index (χ0v) is 8.13. The van der Waals surface area contributed by atoms with Crippen molar-refractivity contribution >= 4 is 12.6 Å². The van der Waals surface area contributed by atoms with Gasteiger partial charge >= 0.3 is 0 Å². The van der Waals surface area contributed by atoms with Crippen LogP contribution in [0.5, 0.6) is 0 Å². The molecule has 0 amide bonds. The molecule has 0 spiro atoms. The van der Waals surface area contributed by atoms with Crippen molar-refractivity contribution in [1.82, 2.24) is 0 Å². The summed E-state index contributed by atoms with van der Waals surface area (Å²) in [5.74, 6) is 0.789. The van der Waals surface area contributed by atoms with Crippen molar-refractivity contribution in [3.05, 3.63) is 12.2 Å². The van der Waals surface area contributed by atoms with Crippen molar-refractivity contribution in [3.63, 3.8) is 0 Å². The molecule has 0 aliphatic carbocycles. The molecule has 0 atom stereocenters. The fourth-order valence-corrected chi connectivity index (χ4v) is 1.33. The van der Waals surface area contributed by atoms with Crippen LogP contribution in [0.4, 0.5) is 0 Å². The summed E-state index contributed by atoms with van der Waals surface area (Å²) in [6, 6.07) is 0. The zero-order chi connectivity index (χ0) is 8.65. The summed E-state index contributed by atoms with van der Waals surface area (Å²) in [6.07, 6.45) is 6.50. The van der Waals surface area contributed by atoms with Crippen LogP contribution in [0.15, 0.2) is 12.2 Å². The first-order valence-electron chi connectivity index (χ1n) is 4.38. The molecular weight excluding hydrogens is 172 g/mol. The van der Waals surface area contributed by atoms with Crippen LogP contribution in [0.3, 0.4) is 0 Å². The summed E-state index contributed by atoms with van der Waals surface area (Å²) in [7, 11) is 0. The summed E-state index contributed by atoms with van der Waals surface area (Å²) >= 11 is 4.06. The minimum Gasteiger partial charge on any atom is -0.381 e. The molecule has 0 bridgehead atoms. The van der Waals surface area contributed by atoms with Gasteiger partial charge < -0.3 is 9.47 Å². The van der Waals surface area contributed by atoms with E-state index in [-0.39, 0.29) is 0 Å². The smallest absolute Gasteiger partial charge is 0.0651 e. The van der Waals surface area contributed by atoms with Crippen molar-refractivity contribution < 1.29 is 9.47 Å². The van der Waals surface area contributed by atoms with Crippen LogP contribution in [-0.4, -0.2) is 31.7 Å². The number of rotatable bonds is 4. The van der Waals surface area contributed by atoms with E-state index in [1.54, 1.807) is 0 Å². The molecule has 1 saturated heterocycles. The third kappa shape index (κ3) is 4.14. The van der Waals surface area contributed by atoms with E-state index in [4.69, 9.17) is 9.47 Å². The molecule has 1 heterocycles. The van der Waals surface area contributed by atoms with Crippen LogP contribution >= 0.6 is 12.6 Å². The van der Waals surface area contributed by atoms with Gasteiger partial charge in [0.1, 0.15) is 0 Å². The van der Waals surface area contributed by atoms with Gasteiger partial charge in [0, 0.05) is 19.0 Å². The third-order valence-corrected chi connectivity index (χ3v) is 2.08. The Morgan fingerprint density at radius 2 is 2.08 bits per heavy atom. The molecule has 0 aromatic rings. The van der Waals surface area contributed by atoms with Gasteiger partial charge in [-0.15, -0.1) is 0 Å². The Balaban J connectivity index is 2.01. The summed E-state index contributed by atoms with van der Waals surface area (Å²) in [5, 5.41) is 0. The van der Waals surface area contributed by atoms with E-state index in [1.807, 2.05) is 12.2 Å². The average molecular weight is 188 g/mol. The van der Waals surface area contributed by atoms with Crippen LogP contribution in [0.1, 0.15) is 12.8 Å². The molecule has 70 valence electrons. The van der Waals surface area contributed by atoms with E-state index in [9.17, 15) is 0 Å². The fraction of sp³-hybridized carbons (Fsp3) is 0.778. The fourth-order valence-electron chi connectivity index (χ4n) is 1.18. The van der Waals surface area contributed by atoms with E-state index in [1.165, 1.54) is 0 Å². The van der Waals surface area contributed by atoms with Crippen LogP contribution < -0.4 is 0 Å². The predicted molar refractivity (Wildman–Crippen MR) is 52.8 cm³/mol. The SMILES string of the molecule is SCC=CCOC1CCOCC1. The molecule has 1 aliphatic heterocycles. The van der Waals surface area contributed by atoms with Crippen LogP contribution in [0, 0.1) is 0 Å². The molecular formula is C9H16O2S. The second-order valence-corrected chi connectivity index (χ2v) is 3.16. The van der Waals surface area contributed by atoms with Gasteiger partial charge in [0.15, 0.2) is 0 Å². The normalized spacial score (nSPS) is 20.4. The molecule has 0 aromatic heterocycles. The molecule has 2 nitrogen and oxygen atoms in total. The van der Waals surface area contributed by atoms with E-state index in [0.29, 0.717) is 12.7 Å². The van der Waals surface area contributed by atoms with E-state index < -0.39 is 0 Å². The Hall–Kier alpha value is 0.01000. The summed E-state index contributed by atoms with van der Waals surface area (Å²) in [6.45, 7) is 2.41. The van der Waals surface area contributed by atoms with Gasteiger partial charge in [0.05, 0.1) is 12.7 Å². The van der Waals surface area contributed by atoms with Crippen LogP contribution in [0.25, 0.3) is 0 Å². The van der Waals surface area contributed by atoms with E-state index in [0.717, 1.165) is 31.8 Å². The lowest BCUT2D eigenvalue weighted by Gasteiger charge is -2.21. The monoisotopic (exact) mass is 188 g/mol. The first-order chi connectivity index (χ1) is 5.93. The molecule has 3 heteroatoms. The highest BCUT2D eigenvalue weighted by molar-refractivity contribution is 7.80. The van der Waals surface area contributed by atoms with Crippen molar-refractivity contribution in [2.75, 3.05) is 25.6 Å². The summed E-state index contributed by atoms with van der Waals surface area (Å²) in [4.78, 5) is 0. The average Bonchev–Trinajstić information content (AvgIpc) is 2.14. The second kappa shape index (κ2) is 6.52. The Morgan fingerprint density at radius 3 is 2.75 bits per heavy atom. The Morgan fingerprint density at radius 1 is 1.33 bits per heavy atom. The molecule has 0 saturated carbocycles. The number of hydrogen-bond acceptors (Lipinski definition) is 3. The lowest BCUT2D eigenvalue weighted by molar-refractivity contribution is -0.0222. The van der Waals surface area contributed by atoms with Crippen LogP contribution in [-0.2, 0) is 9.47 Å². The number of hydrogen-bond donors (Lipinski definition) is 1. The third-order valence-electron chi connectivity index (χ3n) is 1.87. The minimum atomic E-state index is 0.406. The van der Waals surface area contributed by atoms with Gasteiger partial charge in [-0.05, 0) is 12.8 Å². The van der Waals surface area contributed by atoms with Gasteiger partial charge in [0.25, 0.3) is 0 Å². The highest BCUT2D eigenvalue weighted by Gasteiger charge is 2.12. The molecule has 1 aliphatic rings. The van der Waals surface area contributed by atoms with Gasteiger partial charge in [-0.25, -0.2) is 0 Å². The summed E-state index contributed by atoms with van der Waals surface area (Å²) < 4.78 is 10.8. The molecule has 1 fully saturated rings. The van der Waals surface area contributed by atoms with E-state index in [2.05, 4.69) is 12.6 Å². The Labute approximate surface area is 79.3 Å². The number of ether oxygens (including phenoxy) is 2. The maximum Gasteiger partial charge on any atom is 0.0651 e. The van der Waals surface area contributed by atoms with Gasteiger partial charge in [-0.1, -0.05) is 12.2 Å². The van der Waals surface area contributed by atoms with Gasteiger partial charge in [0.2, 0.25) is 0 Å². The summed E-state index contributed by atoms with van der Waals surface area (Å²) in [5.41, 5.74) is 0. The molecule has 0 radical (unpaired) electrons. The molecule has 0 unspecified atom stereocenters. The van der Waals surface area contributed by atoms with Crippen molar-refractivity contribution in [2.24, 2.45) is 0 Å². The largest absolute Gasteiger partial charge is 0.381 e. The Bertz CT molecular complexity index is 130. The standard InChI is InChI=1S/C9H16O2S/c12-8-2-1-5-11-9-3-6-10-7-4-9/h1-2,9,12H,3-8H2. The maximum atomic E-state index is 5.58. The lowest BCUT2D eigenvalue weighted by atomic mass is 10.2. The van der Waals surface area contributed by atoms with Gasteiger partial charge in [-0.3, -0.25) is 0 Å². The topological polar surface area (TPSA) is 18.5 Å². The molecule has 0 aromatic carbocycles. The first-order valence-corrected chi connectivity index (χ1v) is 5.02. The maximum absolute atomic E-state index is 5.58. The first kappa shape index (κ1) is 10.1. The highest BCUT2D eigenvalue weighted by Crippen LogP contribution is 2.09. The van der Waals surface area contributed by atoms with Crippen LogP contribution in [0.2, 0.25) is 0 Å². The quantitative estimate of drug-likeness (QED) is 0.534.